The number of carbonyl (C=O) groups is 1. The van der Waals surface area contributed by atoms with Crippen molar-refractivity contribution in [1.29, 1.82) is 0 Å². The molecule has 1 aromatic carbocycles. The molecule has 0 saturated heterocycles. The number of halogens is 3. The topological polar surface area (TPSA) is 17.1 Å². The molecular formula is C10H9F3O. The van der Waals surface area contributed by atoms with Crippen molar-refractivity contribution in [3.05, 3.63) is 34.6 Å². The molecule has 0 unspecified atom stereocenters. The summed E-state index contributed by atoms with van der Waals surface area (Å²) in [5.74, 6) is -1.73. The van der Waals surface area contributed by atoms with Crippen LogP contribution in [0.4, 0.5) is 13.2 Å². The fraction of sp³-hybridized carbons (Fsp3) is 0.300. The summed E-state index contributed by atoms with van der Waals surface area (Å²) in [5, 5.41) is 0. The van der Waals surface area contributed by atoms with Crippen molar-refractivity contribution in [2.75, 3.05) is 0 Å². The van der Waals surface area contributed by atoms with Crippen molar-refractivity contribution in [2.24, 2.45) is 0 Å². The molecule has 0 saturated carbocycles. The van der Waals surface area contributed by atoms with Crippen LogP contribution in [-0.2, 0) is 0 Å². The van der Waals surface area contributed by atoms with Crippen molar-refractivity contribution < 1.29 is 18.0 Å². The molecular weight excluding hydrogens is 193 g/mol. The van der Waals surface area contributed by atoms with Crippen LogP contribution < -0.4 is 0 Å². The van der Waals surface area contributed by atoms with E-state index >= 15 is 0 Å². The van der Waals surface area contributed by atoms with Crippen molar-refractivity contribution >= 4 is 5.78 Å². The predicted molar refractivity (Wildman–Crippen MR) is 46.2 cm³/mol. The molecule has 0 aliphatic carbocycles. The van der Waals surface area contributed by atoms with E-state index in [1.165, 1.54) is 13.8 Å². The van der Waals surface area contributed by atoms with Gasteiger partial charge in [-0.3, -0.25) is 4.79 Å². The lowest BCUT2D eigenvalue weighted by Gasteiger charge is -2.05. The Morgan fingerprint density at radius 1 is 1.21 bits per heavy atom. The summed E-state index contributed by atoms with van der Waals surface area (Å²) in [6.07, 6.45) is -3.04. The number of alkyl halides is 2. The Morgan fingerprint density at radius 3 is 2.00 bits per heavy atom. The van der Waals surface area contributed by atoms with E-state index in [0.29, 0.717) is 0 Å². The first-order valence-electron chi connectivity index (χ1n) is 4.02. The lowest BCUT2D eigenvalue weighted by Crippen LogP contribution is -2.11. The van der Waals surface area contributed by atoms with Gasteiger partial charge in [0.15, 0.2) is 0 Å². The van der Waals surface area contributed by atoms with Crippen LogP contribution in [0.1, 0.15) is 21.5 Å². The smallest absolute Gasteiger partial charge is 0.288 e. The molecule has 14 heavy (non-hydrogen) atoms. The SMILES string of the molecule is Cc1cc(C(=O)C(F)F)cc(C)c1F. The normalized spacial score (nSPS) is 10.7. The molecule has 0 aliphatic rings. The molecule has 0 amide bonds. The largest absolute Gasteiger partial charge is 0.300 e. The lowest BCUT2D eigenvalue weighted by atomic mass is 10.0. The van der Waals surface area contributed by atoms with Gasteiger partial charge in [0.2, 0.25) is 5.78 Å². The highest BCUT2D eigenvalue weighted by Crippen LogP contribution is 2.17. The van der Waals surface area contributed by atoms with Gasteiger partial charge in [-0.1, -0.05) is 0 Å². The molecule has 1 aromatic rings. The minimum absolute atomic E-state index is 0.142. The van der Waals surface area contributed by atoms with Crippen LogP contribution in [-0.4, -0.2) is 12.2 Å². The van der Waals surface area contributed by atoms with Gasteiger partial charge in [0, 0.05) is 5.56 Å². The van der Waals surface area contributed by atoms with Gasteiger partial charge in [0.05, 0.1) is 0 Å². The lowest BCUT2D eigenvalue weighted by molar-refractivity contribution is 0.0678. The van der Waals surface area contributed by atoms with E-state index in [9.17, 15) is 18.0 Å². The van der Waals surface area contributed by atoms with Crippen LogP contribution in [0.2, 0.25) is 0 Å². The maximum atomic E-state index is 13.1. The summed E-state index contributed by atoms with van der Waals surface area (Å²) in [6.45, 7) is 2.87. The summed E-state index contributed by atoms with van der Waals surface area (Å²) < 4.78 is 37.1. The highest BCUT2D eigenvalue weighted by Gasteiger charge is 2.19. The molecule has 0 atom stereocenters. The molecule has 0 spiro atoms. The van der Waals surface area contributed by atoms with Gasteiger partial charge >= 0.3 is 6.43 Å². The average Bonchev–Trinajstić information content (AvgIpc) is 2.12. The van der Waals surface area contributed by atoms with Gasteiger partial charge in [-0.2, -0.15) is 0 Å². The Morgan fingerprint density at radius 2 is 1.64 bits per heavy atom. The van der Waals surface area contributed by atoms with Crippen molar-refractivity contribution in [2.45, 2.75) is 20.3 Å². The zero-order valence-corrected chi connectivity index (χ0v) is 7.77. The highest BCUT2D eigenvalue weighted by atomic mass is 19.3. The standard InChI is InChI=1S/C10H9F3O/c1-5-3-7(9(14)10(12)13)4-6(2)8(5)11/h3-4,10H,1-2H3. The Hall–Kier alpha value is -1.32. The van der Waals surface area contributed by atoms with Crippen molar-refractivity contribution in [3.8, 4) is 0 Å². The first-order valence-corrected chi connectivity index (χ1v) is 4.02. The van der Waals surface area contributed by atoms with Gasteiger partial charge in [0.25, 0.3) is 0 Å². The molecule has 1 nitrogen and oxygen atoms in total. The quantitative estimate of drug-likeness (QED) is 0.674. The Balaban J connectivity index is 3.19. The number of aryl methyl sites for hydroxylation is 2. The van der Waals surface area contributed by atoms with Gasteiger partial charge in [-0.05, 0) is 37.1 Å². The van der Waals surface area contributed by atoms with Crippen LogP contribution in [0.15, 0.2) is 12.1 Å². The van der Waals surface area contributed by atoms with Crippen LogP contribution >= 0.6 is 0 Å². The summed E-state index contributed by atoms with van der Waals surface area (Å²) in [7, 11) is 0. The number of carbonyl (C=O) groups excluding carboxylic acids is 1. The van der Waals surface area contributed by atoms with Crippen molar-refractivity contribution in [3.63, 3.8) is 0 Å². The zero-order valence-electron chi connectivity index (χ0n) is 7.77. The third kappa shape index (κ3) is 1.95. The van der Waals surface area contributed by atoms with Crippen LogP contribution in [0.5, 0.6) is 0 Å². The first kappa shape index (κ1) is 10.8. The number of rotatable bonds is 2. The Labute approximate surface area is 79.5 Å². The number of hydrogen-bond donors (Lipinski definition) is 0. The van der Waals surface area contributed by atoms with Crippen LogP contribution in [0.25, 0.3) is 0 Å². The summed E-state index contributed by atoms with van der Waals surface area (Å²) in [5.41, 5.74) is 0.263. The molecule has 0 N–H and O–H groups in total. The maximum Gasteiger partial charge on any atom is 0.300 e. The van der Waals surface area contributed by atoms with E-state index in [4.69, 9.17) is 0 Å². The molecule has 4 heteroatoms. The van der Waals surface area contributed by atoms with Crippen molar-refractivity contribution in [1.82, 2.24) is 0 Å². The van der Waals surface area contributed by atoms with Crippen LogP contribution in [0, 0.1) is 19.7 Å². The number of benzene rings is 1. The van der Waals surface area contributed by atoms with Gasteiger partial charge in [-0.25, -0.2) is 13.2 Å². The van der Waals surface area contributed by atoms with E-state index in [1.54, 1.807) is 0 Å². The van der Waals surface area contributed by atoms with E-state index in [2.05, 4.69) is 0 Å². The zero-order chi connectivity index (χ0) is 10.9. The minimum atomic E-state index is -3.04. The number of ketones is 1. The summed E-state index contributed by atoms with van der Waals surface area (Å²) >= 11 is 0. The minimum Gasteiger partial charge on any atom is -0.288 e. The Bertz CT molecular complexity index is 349. The second kappa shape index (κ2) is 3.82. The second-order valence-corrected chi connectivity index (χ2v) is 3.09. The van der Waals surface area contributed by atoms with Gasteiger partial charge in [-0.15, -0.1) is 0 Å². The molecule has 1 rings (SSSR count). The van der Waals surface area contributed by atoms with Gasteiger partial charge < -0.3 is 0 Å². The monoisotopic (exact) mass is 202 g/mol. The third-order valence-electron chi connectivity index (χ3n) is 1.92. The number of hydrogen-bond acceptors (Lipinski definition) is 1. The van der Waals surface area contributed by atoms with E-state index in [1.807, 2.05) is 0 Å². The van der Waals surface area contributed by atoms with Crippen LogP contribution in [0.3, 0.4) is 0 Å². The summed E-state index contributed by atoms with van der Waals surface area (Å²) in [4.78, 5) is 10.9. The molecule has 0 bridgehead atoms. The summed E-state index contributed by atoms with van der Waals surface area (Å²) in [6, 6.07) is 2.27. The molecule has 0 radical (unpaired) electrons. The second-order valence-electron chi connectivity index (χ2n) is 3.09. The van der Waals surface area contributed by atoms with E-state index in [-0.39, 0.29) is 16.7 Å². The molecule has 0 heterocycles. The van der Waals surface area contributed by atoms with E-state index < -0.39 is 18.0 Å². The molecule has 0 aliphatic heterocycles. The third-order valence-corrected chi connectivity index (χ3v) is 1.92. The highest BCUT2D eigenvalue weighted by molar-refractivity contribution is 5.98. The van der Waals surface area contributed by atoms with Gasteiger partial charge in [0.1, 0.15) is 5.82 Å². The Kier molecular flexibility index (Phi) is 2.93. The predicted octanol–water partition coefficient (Wildman–Crippen LogP) is 2.89. The number of Topliss-reactive ketones (excluding diaryl/α,β-unsaturated/α-hetero) is 1. The average molecular weight is 202 g/mol. The van der Waals surface area contributed by atoms with E-state index in [0.717, 1.165) is 12.1 Å². The fourth-order valence-corrected chi connectivity index (χ4v) is 1.21. The first-order chi connectivity index (χ1) is 6.43. The fourth-order valence-electron chi connectivity index (χ4n) is 1.21. The maximum absolute atomic E-state index is 13.1. The molecule has 0 aromatic heterocycles. The molecule has 76 valence electrons. The molecule has 0 fully saturated rings.